The van der Waals surface area contributed by atoms with E-state index in [1.165, 1.54) is 45.2 Å². The largest absolute Gasteiger partial charge is 0.493 e. The van der Waals surface area contributed by atoms with Crippen LogP contribution in [0.2, 0.25) is 25.1 Å². The van der Waals surface area contributed by atoms with Crippen LogP contribution in [0.4, 0.5) is 0 Å². The molecule has 0 N–H and O–H groups in total. The zero-order chi connectivity index (χ0) is 75.4. The fourth-order valence-electron chi connectivity index (χ4n) is 11.9. The predicted octanol–water partition coefficient (Wildman–Crippen LogP) is 21.9. The SMILES string of the molecule is CCN(CC)CCCCCCOc1ccnc2cc(Cl)ccc12.CCN(CC)CCCCCOc1ccnc2cc(Cl)ccc12.CCN(CC)CCCCOc1ccnc2cc(Cl)ccc12.CCN(CC)CCCOc1ccnc2cc(Cl)ccc12.CCN(CC)CCOc1ccnc2cc(Cl)ccc12. The molecule has 0 radical (unpaired) electrons. The molecule has 0 aliphatic carbocycles. The van der Waals surface area contributed by atoms with Crippen LogP contribution < -0.4 is 23.7 Å². The van der Waals surface area contributed by atoms with Crippen LogP contribution in [0.25, 0.3) is 54.5 Å². The van der Waals surface area contributed by atoms with Gasteiger partial charge in [-0.25, -0.2) is 0 Å². The zero-order valence-corrected chi connectivity index (χ0v) is 67.8. The highest BCUT2D eigenvalue weighted by Crippen LogP contribution is 2.31. The summed E-state index contributed by atoms with van der Waals surface area (Å²) in [6.07, 6.45) is 20.5. The molecule has 5 heterocycles. The summed E-state index contributed by atoms with van der Waals surface area (Å²) in [7, 11) is 0. The lowest BCUT2D eigenvalue weighted by Gasteiger charge is -2.18. The number of fused-ring (bicyclic) bond motifs is 5. The standard InChI is InChI=1S/C19H27ClN2O.C18H25ClN2O.C17H23ClN2O.C16H21ClN2O.C15H19ClN2O/c1-3-22(4-2)13-7-5-6-8-14-23-19-11-12-21-18-15-16(20)9-10-17(18)19;1-3-21(4-2)12-6-5-7-13-22-18-10-11-20-17-14-15(19)8-9-16(17)18;1-3-20(4-2)11-5-6-12-21-17-9-10-19-16-13-14(18)7-8-15(16)17;1-3-19(4-2)10-5-11-20-16-8-9-18-15-12-13(17)6-7-14(15)16;1-3-18(4-2)9-10-19-15-7-8-17-14-11-12(16)5-6-13(14)15/h9-12,15H,3-8,13-14H2,1-2H3;8-11,14H,3-7,12-13H2,1-2H3;7-10,13H,3-6,11-12H2,1-2H3;6-9,12H,3-5,10-11H2,1-2H3;5-8,11H,3-4,9-10H2,1-2H3. The molecule has 0 amide bonds. The quantitative estimate of drug-likeness (QED) is 0.0338. The molecule has 0 spiro atoms. The lowest BCUT2D eigenvalue weighted by Crippen LogP contribution is -2.27. The summed E-state index contributed by atoms with van der Waals surface area (Å²) >= 11 is 29.9. The van der Waals surface area contributed by atoms with Crippen molar-refractivity contribution in [1.82, 2.24) is 49.4 Å². The molecule has 105 heavy (non-hydrogen) atoms. The van der Waals surface area contributed by atoms with E-state index in [4.69, 9.17) is 81.7 Å². The Morgan fingerprint density at radius 2 is 0.429 bits per heavy atom. The maximum Gasteiger partial charge on any atom is 0.130 e. The summed E-state index contributed by atoms with van der Waals surface area (Å²) < 4.78 is 29.5. The molecule has 15 nitrogen and oxygen atoms in total. The molecular weight excluding hydrogens is 1420 g/mol. The van der Waals surface area contributed by atoms with Crippen molar-refractivity contribution in [3.05, 3.63) is 177 Å². The highest BCUT2D eigenvalue weighted by Gasteiger charge is 2.11. The minimum absolute atomic E-state index is 0.684. The van der Waals surface area contributed by atoms with E-state index in [1.807, 2.05) is 121 Å². The molecule has 5 aromatic heterocycles. The molecule has 0 atom stereocenters. The van der Waals surface area contributed by atoms with Gasteiger partial charge < -0.3 is 48.2 Å². The molecule has 0 fully saturated rings. The molecule has 5 aromatic carbocycles. The third kappa shape index (κ3) is 31.3. The Bertz CT molecular complexity index is 4050. The summed E-state index contributed by atoms with van der Waals surface area (Å²) in [5, 5.41) is 8.59. The summed E-state index contributed by atoms with van der Waals surface area (Å²) in [5.74, 6) is 4.43. The molecule has 10 rings (SSSR count). The minimum atomic E-state index is 0.684. The molecule has 570 valence electrons. The first-order chi connectivity index (χ1) is 51.2. The van der Waals surface area contributed by atoms with Crippen LogP contribution >= 0.6 is 58.0 Å². The van der Waals surface area contributed by atoms with E-state index >= 15 is 0 Å². The molecule has 0 saturated heterocycles. The van der Waals surface area contributed by atoms with Gasteiger partial charge in [0.1, 0.15) is 35.4 Å². The van der Waals surface area contributed by atoms with Crippen LogP contribution in [0.3, 0.4) is 0 Å². The van der Waals surface area contributed by atoms with E-state index in [0.717, 1.165) is 227 Å². The van der Waals surface area contributed by atoms with Crippen molar-refractivity contribution < 1.29 is 23.7 Å². The van der Waals surface area contributed by atoms with Crippen LogP contribution in [0.15, 0.2) is 152 Å². The molecular formula is C85H115Cl5N10O5. The van der Waals surface area contributed by atoms with Gasteiger partial charge in [-0.2, -0.15) is 0 Å². The normalized spacial score (nSPS) is 11.2. The summed E-state index contributed by atoms with van der Waals surface area (Å²) in [4.78, 5) is 33.7. The number of benzene rings is 5. The van der Waals surface area contributed by atoms with Crippen molar-refractivity contribution in [1.29, 1.82) is 0 Å². The number of unbranched alkanes of at least 4 members (excludes halogenated alkanes) is 6. The summed E-state index contributed by atoms with van der Waals surface area (Å²) in [6, 6.07) is 38.1. The number of ether oxygens (including phenoxy) is 5. The summed E-state index contributed by atoms with van der Waals surface area (Å²) in [5.41, 5.74) is 4.38. The van der Waals surface area contributed by atoms with Gasteiger partial charge in [0.25, 0.3) is 0 Å². The van der Waals surface area contributed by atoms with Crippen LogP contribution in [0.1, 0.15) is 133 Å². The molecule has 0 unspecified atom stereocenters. The lowest BCUT2D eigenvalue weighted by molar-refractivity contribution is 0.224. The van der Waals surface area contributed by atoms with Crippen LogP contribution in [-0.4, -0.2) is 181 Å². The van der Waals surface area contributed by atoms with E-state index < -0.39 is 0 Å². The number of pyridine rings is 5. The Balaban J connectivity index is 0.000000206. The summed E-state index contributed by atoms with van der Waals surface area (Å²) in [6.45, 7) is 42.3. The maximum atomic E-state index is 6.01. The first kappa shape index (κ1) is 87.3. The average molecular weight is 1530 g/mol. The van der Waals surface area contributed by atoms with E-state index in [1.54, 1.807) is 31.0 Å². The predicted molar refractivity (Wildman–Crippen MR) is 446 cm³/mol. The highest BCUT2D eigenvalue weighted by atomic mass is 35.5. The van der Waals surface area contributed by atoms with Gasteiger partial charge >= 0.3 is 0 Å². The average Bonchev–Trinajstić information content (AvgIpc) is 0.856. The Kier molecular flexibility index (Phi) is 42.3. The van der Waals surface area contributed by atoms with E-state index in [-0.39, 0.29) is 0 Å². The van der Waals surface area contributed by atoms with Gasteiger partial charge in [-0.15, -0.1) is 0 Å². The lowest BCUT2D eigenvalue weighted by atomic mass is 10.2. The monoisotopic (exact) mass is 1530 g/mol. The molecule has 0 aliphatic rings. The molecule has 10 aromatic rings. The second-order valence-corrected chi connectivity index (χ2v) is 27.4. The number of halogens is 5. The number of nitrogens with zero attached hydrogens (tertiary/aromatic N) is 10. The van der Waals surface area contributed by atoms with Gasteiger partial charge in [-0.1, -0.05) is 140 Å². The number of hydrogen-bond donors (Lipinski definition) is 0. The Morgan fingerprint density at radius 3 is 0.695 bits per heavy atom. The third-order valence-electron chi connectivity index (χ3n) is 18.5. The van der Waals surface area contributed by atoms with E-state index in [2.05, 4.69) is 119 Å². The first-order valence-corrected chi connectivity index (χ1v) is 40.1. The van der Waals surface area contributed by atoms with Crippen molar-refractivity contribution in [2.45, 2.75) is 133 Å². The first-order valence-electron chi connectivity index (χ1n) is 38.2. The Hall–Kier alpha value is -6.60. The van der Waals surface area contributed by atoms with E-state index in [0.29, 0.717) is 31.7 Å². The number of aromatic nitrogens is 5. The van der Waals surface area contributed by atoms with Gasteiger partial charge in [0.2, 0.25) is 0 Å². The molecule has 20 heteroatoms. The van der Waals surface area contributed by atoms with Crippen molar-refractivity contribution in [2.24, 2.45) is 0 Å². The fraction of sp³-hybridized carbons (Fsp3) is 0.471. The third-order valence-corrected chi connectivity index (χ3v) is 19.6. The van der Waals surface area contributed by atoms with E-state index in [9.17, 15) is 0 Å². The second kappa shape index (κ2) is 50.9. The number of hydrogen-bond acceptors (Lipinski definition) is 15. The van der Waals surface area contributed by atoms with Gasteiger partial charge in [0.15, 0.2) is 0 Å². The maximum absolute atomic E-state index is 6.01. The smallest absolute Gasteiger partial charge is 0.130 e. The number of rotatable bonds is 40. The van der Waals surface area contributed by atoms with Crippen molar-refractivity contribution in [3.8, 4) is 28.7 Å². The van der Waals surface area contributed by atoms with Gasteiger partial charge in [-0.3, -0.25) is 24.9 Å². The van der Waals surface area contributed by atoms with Crippen LogP contribution in [-0.2, 0) is 0 Å². The van der Waals surface area contributed by atoms with Crippen molar-refractivity contribution in [2.75, 3.05) is 131 Å². The van der Waals surface area contributed by atoms with Gasteiger partial charge in [-0.05, 0) is 258 Å². The van der Waals surface area contributed by atoms with Gasteiger partial charge in [0, 0.05) is 96.1 Å². The molecule has 0 saturated carbocycles. The molecule has 0 bridgehead atoms. The Labute approximate surface area is 652 Å². The topological polar surface area (TPSA) is 127 Å². The molecule has 0 aliphatic heterocycles. The van der Waals surface area contributed by atoms with Crippen molar-refractivity contribution >= 4 is 113 Å². The van der Waals surface area contributed by atoms with Crippen molar-refractivity contribution in [3.63, 3.8) is 0 Å². The fourth-order valence-corrected chi connectivity index (χ4v) is 12.8. The van der Waals surface area contributed by atoms with Gasteiger partial charge in [0.05, 0.1) is 54.0 Å². The minimum Gasteiger partial charge on any atom is -0.493 e. The Morgan fingerprint density at radius 1 is 0.229 bits per heavy atom. The number of likely N-dealkylation sites (N-methyl/N-ethyl adjacent to an activating group) is 1. The second-order valence-electron chi connectivity index (χ2n) is 25.3. The zero-order valence-electron chi connectivity index (χ0n) is 64.1. The highest BCUT2D eigenvalue weighted by molar-refractivity contribution is 6.32. The van der Waals surface area contributed by atoms with Crippen LogP contribution in [0.5, 0.6) is 28.7 Å². The van der Waals surface area contributed by atoms with Crippen LogP contribution in [0, 0.1) is 0 Å².